The first kappa shape index (κ1) is 18.9. The van der Waals surface area contributed by atoms with Gasteiger partial charge in [0, 0.05) is 37.2 Å². The van der Waals surface area contributed by atoms with Gasteiger partial charge in [-0.05, 0) is 54.8 Å². The van der Waals surface area contributed by atoms with Gasteiger partial charge in [-0.2, -0.15) is 0 Å². The number of carbonyl (C=O) groups is 3. The molecule has 1 N–H and O–H groups in total. The van der Waals surface area contributed by atoms with Gasteiger partial charge >= 0.3 is 0 Å². The monoisotopic (exact) mass is 404 g/mol. The van der Waals surface area contributed by atoms with Crippen molar-refractivity contribution in [2.45, 2.75) is 45.1 Å². The molecular weight excluding hydrogens is 380 g/mol. The number of Topliss-reactive ketones (excluding diaryl/α,β-unsaturated/α-hetero) is 1. The van der Waals surface area contributed by atoms with Gasteiger partial charge in [-0.1, -0.05) is 6.07 Å². The summed E-state index contributed by atoms with van der Waals surface area (Å²) >= 11 is 0. The highest BCUT2D eigenvalue weighted by atomic mass is 16.5. The summed E-state index contributed by atoms with van der Waals surface area (Å²) in [6.45, 7) is 5.04. The number of carbonyl (C=O) groups excluding carboxylic acids is 3. The van der Waals surface area contributed by atoms with Crippen LogP contribution in [-0.4, -0.2) is 41.2 Å². The lowest BCUT2D eigenvalue weighted by Crippen LogP contribution is -2.52. The van der Waals surface area contributed by atoms with Gasteiger partial charge < -0.3 is 15.0 Å². The van der Waals surface area contributed by atoms with Gasteiger partial charge in [-0.3, -0.25) is 14.4 Å². The quantitative estimate of drug-likeness (QED) is 0.790. The topological polar surface area (TPSA) is 75.7 Å². The van der Waals surface area contributed by atoms with Gasteiger partial charge in [0.15, 0.2) is 5.78 Å². The van der Waals surface area contributed by atoms with E-state index in [2.05, 4.69) is 5.32 Å². The minimum absolute atomic E-state index is 0.0405. The molecule has 6 heteroatoms. The Bertz CT molecular complexity index is 1100. The molecule has 0 radical (unpaired) electrons. The number of likely N-dealkylation sites (tertiary alicyclic amines) is 1. The van der Waals surface area contributed by atoms with Crippen molar-refractivity contribution >= 4 is 23.3 Å². The minimum atomic E-state index is -0.532. The van der Waals surface area contributed by atoms with Crippen molar-refractivity contribution < 1.29 is 19.1 Å². The molecule has 5 rings (SSSR count). The van der Waals surface area contributed by atoms with Crippen molar-refractivity contribution in [1.82, 2.24) is 4.90 Å². The number of nitrogens with one attached hydrogen (secondary N) is 1. The highest BCUT2D eigenvalue weighted by Crippen LogP contribution is 2.41. The lowest BCUT2D eigenvalue weighted by Gasteiger charge is -2.44. The molecule has 0 unspecified atom stereocenters. The smallest absolute Gasteiger partial charge is 0.253 e. The third-order valence-electron chi connectivity index (χ3n) is 6.47. The van der Waals surface area contributed by atoms with Gasteiger partial charge in [0.05, 0.1) is 18.4 Å². The van der Waals surface area contributed by atoms with Crippen LogP contribution in [0.1, 0.15) is 56.7 Å². The number of anilines is 1. The summed E-state index contributed by atoms with van der Waals surface area (Å²) in [4.78, 5) is 39.3. The third-order valence-corrected chi connectivity index (χ3v) is 6.47. The van der Waals surface area contributed by atoms with E-state index in [0.717, 1.165) is 22.4 Å². The molecule has 3 heterocycles. The van der Waals surface area contributed by atoms with Crippen molar-refractivity contribution in [1.29, 1.82) is 0 Å². The van der Waals surface area contributed by atoms with Gasteiger partial charge in [0.1, 0.15) is 11.4 Å². The van der Waals surface area contributed by atoms with Crippen LogP contribution in [0, 0.1) is 13.8 Å². The Kier molecular flexibility index (Phi) is 4.20. The zero-order chi connectivity index (χ0) is 21.0. The summed E-state index contributed by atoms with van der Waals surface area (Å²) in [6.07, 6.45) is 1.93. The van der Waals surface area contributed by atoms with E-state index in [0.29, 0.717) is 55.6 Å². The lowest BCUT2D eigenvalue weighted by molar-refractivity contribution is -0.115. The van der Waals surface area contributed by atoms with Gasteiger partial charge in [0.2, 0.25) is 5.91 Å². The first-order valence-corrected chi connectivity index (χ1v) is 10.4. The van der Waals surface area contributed by atoms with E-state index in [1.165, 1.54) is 0 Å². The fraction of sp³-hybridized carbons (Fsp3) is 0.375. The van der Waals surface area contributed by atoms with Crippen molar-refractivity contribution in [3.8, 4) is 5.75 Å². The minimum Gasteiger partial charge on any atom is -0.486 e. The number of aryl methyl sites for hydroxylation is 2. The van der Waals surface area contributed by atoms with E-state index in [1.807, 2.05) is 36.9 Å². The van der Waals surface area contributed by atoms with Crippen molar-refractivity contribution in [3.63, 3.8) is 0 Å². The molecule has 1 saturated heterocycles. The maximum atomic E-state index is 13.0. The first-order chi connectivity index (χ1) is 14.3. The molecule has 0 aliphatic carbocycles. The summed E-state index contributed by atoms with van der Waals surface area (Å²) in [5.41, 5.74) is 4.45. The molecule has 6 nitrogen and oxygen atoms in total. The standard InChI is InChI=1S/C24H24N2O4/c1-14-9-15(2)22-19(27)13-24(30-20(22)10-14)5-7-26(8-6-24)23(29)16-3-4-18-17(11-16)12-21(28)25-18/h3-4,9-11H,5-8,12-13H2,1-2H3,(H,25,28). The van der Waals surface area contributed by atoms with Gasteiger partial charge in [-0.25, -0.2) is 0 Å². The fourth-order valence-electron chi connectivity index (χ4n) is 4.96. The normalized spacial score (nSPS) is 19.2. The summed E-state index contributed by atoms with van der Waals surface area (Å²) < 4.78 is 6.39. The predicted molar refractivity (Wildman–Crippen MR) is 112 cm³/mol. The van der Waals surface area contributed by atoms with E-state index < -0.39 is 5.60 Å². The van der Waals surface area contributed by atoms with E-state index in [9.17, 15) is 14.4 Å². The molecule has 30 heavy (non-hydrogen) atoms. The average molecular weight is 404 g/mol. The van der Waals surface area contributed by atoms with E-state index >= 15 is 0 Å². The molecule has 0 atom stereocenters. The molecule has 0 aromatic heterocycles. The molecule has 1 fully saturated rings. The molecule has 0 saturated carbocycles. The van der Waals surface area contributed by atoms with Crippen LogP contribution in [0.4, 0.5) is 5.69 Å². The summed E-state index contributed by atoms with van der Waals surface area (Å²) in [7, 11) is 0. The Balaban J connectivity index is 1.32. The maximum Gasteiger partial charge on any atom is 0.253 e. The van der Waals surface area contributed by atoms with Crippen molar-refractivity contribution in [2.24, 2.45) is 0 Å². The maximum absolute atomic E-state index is 13.0. The van der Waals surface area contributed by atoms with Crippen LogP contribution in [-0.2, 0) is 11.2 Å². The van der Waals surface area contributed by atoms with Crippen LogP contribution >= 0.6 is 0 Å². The SMILES string of the molecule is Cc1cc(C)c2c(c1)OC1(CCN(C(=O)c3ccc4c(c3)CC(=O)N4)CC1)CC2=O. The number of hydrogen-bond donors (Lipinski definition) is 1. The number of ether oxygens (including phenoxy) is 1. The summed E-state index contributed by atoms with van der Waals surface area (Å²) in [5, 5.41) is 2.79. The Morgan fingerprint density at radius 2 is 1.87 bits per heavy atom. The zero-order valence-corrected chi connectivity index (χ0v) is 17.2. The molecule has 2 amide bonds. The van der Waals surface area contributed by atoms with Crippen LogP contribution in [0.2, 0.25) is 0 Å². The molecule has 3 aliphatic heterocycles. The molecule has 2 aromatic rings. The summed E-state index contributed by atoms with van der Waals surface area (Å²) in [6, 6.07) is 9.32. The largest absolute Gasteiger partial charge is 0.486 e. The third kappa shape index (κ3) is 3.07. The number of nitrogens with zero attached hydrogens (tertiary/aromatic N) is 1. The number of fused-ring (bicyclic) bond motifs is 2. The van der Waals surface area contributed by atoms with E-state index in [-0.39, 0.29) is 17.6 Å². The summed E-state index contributed by atoms with van der Waals surface area (Å²) in [5.74, 6) is 0.726. The van der Waals surface area contributed by atoms with E-state index in [4.69, 9.17) is 4.74 Å². The van der Waals surface area contributed by atoms with Crippen LogP contribution in [0.15, 0.2) is 30.3 Å². The number of ketones is 1. The van der Waals surface area contributed by atoms with Crippen LogP contribution < -0.4 is 10.1 Å². The molecule has 154 valence electrons. The molecule has 2 aromatic carbocycles. The number of rotatable bonds is 1. The first-order valence-electron chi connectivity index (χ1n) is 10.4. The van der Waals surface area contributed by atoms with Crippen LogP contribution in [0.25, 0.3) is 0 Å². The highest BCUT2D eigenvalue weighted by molar-refractivity contribution is 6.02. The van der Waals surface area contributed by atoms with Crippen molar-refractivity contribution in [2.75, 3.05) is 18.4 Å². The second-order valence-corrected chi connectivity index (χ2v) is 8.73. The Labute approximate surface area is 175 Å². The molecule has 0 bridgehead atoms. The lowest BCUT2D eigenvalue weighted by atomic mass is 9.81. The van der Waals surface area contributed by atoms with E-state index in [1.54, 1.807) is 12.1 Å². The Hall–Kier alpha value is -3.15. The molecule has 1 spiro atoms. The Morgan fingerprint density at radius 1 is 1.10 bits per heavy atom. The van der Waals surface area contributed by atoms with Crippen LogP contribution in [0.5, 0.6) is 5.75 Å². The predicted octanol–water partition coefficient (Wildman–Crippen LogP) is 3.44. The molecule has 3 aliphatic rings. The van der Waals surface area contributed by atoms with Gasteiger partial charge in [0.25, 0.3) is 5.91 Å². The highest BCUT2D eigenvalue weighted by Gasteiger charge is 2.44. The Morgan fingerprint density at radius 3 is 2.63 bits per heavy atom. The number of hydrogen-bond acceptors (Lipinski definition) is 4. The number of benzene rings is 2. The zero-order valence-electron chi connectivity index (χ0n) is 17.2. The fourth-order valence-corrected chi connectivity index (χ4v) is 4.96. The van der Waals surface area contributed by atoms with Crippen LogP contribution in [0.3, 0.4) is 0 Å². The second-order valence-electron chi connectivity index (χ2n) is 8.73. The second kappa shape index (κ2) is 6.69. The van der Waals surface area contributed by atoms with Gasteiger partial charge in [-0.15, -0.1) is 0 Å². The number of amides is 2. The van der Waals surface area contributed by atoms with Crippen molar-refractivity contribution in [3.05, 3.63) is 58.1 Å². The average Bonchev–Trinajstić information content (AvgIpc) is 3.06. The molecular formula is C24H24N2O4. The number of piperidine rings is 1.